The Bertz CT molecular complexity index is 360. The minimum atomic E-state index is 0.588. The highest BCUT2D eigenvalue weighted by molar-refractivity contribution is 5.51. The number of benzene rings is 1. The van der Waals surface area contributed by atoms with Crippen molar-refractivity contribution in [3.05, 3.63) is 29.3 Å². The smallest absolute Gasteiger partial charge is 0.0386 e. The predicted molar refractivity (Wildman–Crippen MR) is 70.2 cm³/mol. The van der Waals surface area contributed by atoms with Crippen LogP contribution in [-0.4, -0.2) is 25.7 Å². The van der Waals surface area contributed by atoms with E-state index in [1.54, 1.807) is 0 Å². The molecule has 1 atom stereocenters. The molecular formula is C14H22N2. The number of hydrogen-bond acceptors (Lipinski definition) is 2. The minimum absolute atomic E-state index is 0.588. The molecule has 0 aromatic heterocycles. The van der Waals surface area contributed by atoms with Crippen molar-refractivity contribution in [3.8, 4) is 0 Å². The molecule has 2 rings (SSSR count). The Kier molecular flexibility index (Phi) is 3.49. The molecule has 1 N–H and O–H groups in total. The molecule has 2 nitrogen and oxygen atoms in total. The van der Waals surface area contributed by atoms with Gasteiger partial charge in [0.1, 0.15) is 0 Å². The van der Waals surface area contributed by atoms with Crippen LogP contribution in [-0.2, 0) is 0 Å². The SMILES string of the molecule is Cc1ccc(N2CCCNCC2C)cc1C. The summed E-state index contributed by atoms with van der Waals surface area (Å²) < 4.78 is 0. The molecule has 0 amide bonds. The third kappa shape index (κ3) is 2.38. The van der Waals surface area contributed by atoms with Crippen molar-refractivity contribution in [2.75, 3.05) is 24.5 Å². The number of hydrogen-bond donors (Lipinski definition) is 1. The van der Waals surface area contributed by atoms with Gasteiger partial charge in [0.2, 0.25) is 0 Å². The molecule has 1 aliphatic rings. The Labute approximate surface area is 98.7 Å². The summed E-state index contributed by atoms with van der Waals surface area (Å²) in [5.74, 6) is 0. The van der Waals surface area contributed by atoms with Gasteiger partial charge in [-0.1, -0.05) is 6.07 Å². The quantitative estimate of drug-likeness (QED) is 0.779. The van der Waals surface area contributed by atoms with Gasteiger partial charge < -0.3 is 10.2 Å². The molecule has 0 spiro atoms. The van der Waals surface area contributed by atoms with Crippen LogP contribution in [0.1, 0.15) is 24.5 Å². The van der Waals surface area contributed by atoms with Crippen LogP contribution in [0, 0.1) is 13.8 Å². The zero-order chi connectivity index (χ0) is 11.5. The minimum Gasteiger partial charge on any atom is -0.367 e. The first-order chi connectivity index (χ1) is 7.68. The van der Waals surface area contributed by atoms with Gasteiger partial charge in [-0.15, -0.1) is 0 Å². The summed E-state index contributed by atoms with van der Waals surface area (Å²) >= 11 is 0. The second-order valence-corrected chi connectivity index (χ2v) is 4.87. The third-order valence-electron chi connectivity index (χ3n) is 3.55. The largest absolute Gasteiger partial charge is 0.367 e. The fraction of sp³-hybridized carbons (Fsp3) is 0.571. The monoisotopic (exact) mass is 218 g/mol. The molecular weight excluding hydrogens is 196 g/mol. The Hall–Kier alpha value is -1.02. The Morgan fingerprint density at radius 2 is 2.06 bits per heavy atom. The van der Waals surface area contributed by atoms with Crippen molar-refractivity contribution < 1.29 is 0 Å². The number of nitrogens with one attached hydrogen (secondary N) is 1. The van der Waals surface area contributed by atoms with Crippen molar-refractivity contribution >= 4 is 5.69 Å². The van der Waals surface area contributed by atoms with E-state index in [2.05, 4.69) is 49.2 Å². The maximum atomic E-state index is 3.48. The molecule has 0 saturated carbocycles. The lowest BCUT2D eigenvalue weighted by Gasteiger charge is -2.29. The summed E-state index contributed by atoms with van der Waals surface area (Å²) in [5.41, 5.74) is 4.14. The summed E-state index contributed by atoms with van der Waals surface area (Å²) in [6.45, 7) is 10.1. The lowest BCUT2D eigenvalue weighted by atomic mass is 10.1. The van der Waals surface area contributed by atoms with Crippen molar-refractivity contribution in [1.29, 1.82) is 0 Å². The van der Waals surface area contributed by atoms with Gasteiger partial charge in [0.25, 0.3) is 0 Å². The van der Waals surface area contributed by atoms with Gasteiger partial charge in [-0.2, -0.15) is 0 Å². The maximum Gasteiger partial charge on any atom is 0.0386 e. The van der Waals surface area contributed by atoms with Gasteiger partial charge in [0.05, 0.1) is 0 Å². The number of nitrogens with zero attached hydrogens (tertiary/aromatic N) is 1. The Morgan fingerprint density at radius 1 is 1.25 bits per heavy atom. The van der Waals surface area contributed by atoms with Crippen LogP contribution in [0.5, 0.6) is 0 Å². The van der Waals surface area contributed by atoms with Crippen LogP contribution in [0.25, 0.3) is 0 Å². The Balaban J connectivity index is 2.23. The molecule has 1 heterocycles. The molecule has 0 bridgehead atoms. The van der Waals surface area contributed by atoms with E-state index in [9.17, 15) is 0 Å². The summed E-state index contributed by atoms with van der Waals surface area (Å²) in [5, 5.41) is 3.48. The zero-order valence-electron chi connectivity index (χ0n) is 10.6. The van der Waals surface area contributed by atoms with Crippen LogP contribution in [0.2, 0.25) is 0 Å². The van der Waals surface area contributed by atoms with Crippen molar-refractivity contribution in [3.63, 3.8) is 0 Å². The van der Waals surface area contributed by atoms with Crippen LogP contribution in [0.3, 0.4) is 0 Å². The third-order valence-corrected chi connectivity index (χ3v) is 3.55. The molecule has 16 heavy (non-hydrogen) atoms. The van der Waals surface area contributed by atoms with E-state index in [-0.39, 0.29) is 0 Å². The van der Waals surface area contributed by atoms with Gasteiger partial charge in [-0.3, -0.25) is 0 Å². The van der Waals surface area contributed by atoms with Crippen molar-refractivity contribution in [1.82, 2.24) is 5.32 Å². The molecule has 1 aromatic rings. The fourth-order valence-corrected chi connectivity index (χ4v) is 2.30. The van der Waals surface area contributed by atoms with E-state index in [0.29, 0.717) is 6.04 Å². The fourth-order valence-electron chi connectivity index (χ4n) is 2.30. The average molecular weight is 218 g/mol. The second-order valence-electron chi connectivity index (χ2n) is 4.87. The van der Waals surface area contributed by atoms with Gasteiger partial charge in [-0.05, 0) is 57.0 Å². The maximum absolute atomic E-state index is 3.48. The van der Waals surface area contributed by atoms with Gasteiger partial charge >= 0.3 is 0 Å². The number of rotatable bonds is 1. The second kappa shape index (κ2) is 4.88. The van der Waals surface area contributed by atoms with E-state index in [1.807, 2.05) is 0 Å². The van der Waals surface area contributed by atoms with Crippen LogP contribution >= 0.6 is 0 Å². The number of aryl methyl sites for hydroxylation is 2. The van der Waals surface area contributed by atoms with Crippen LogP contribution < -0.4 is 10.2 Å². The molecule has 0 radical (unpaired) electrons. The molecule has 1 aromatic carbocycles. The first kappa shape index (κ1) is 11.5. The summed E-state index contributed by atoms with van der Waals surface area (Å²) in [6, 6.07) is 7.39. The van der Waals surface area contributed by atoms with E-state index in [4.69, 9.17) is 0 Å². The standard InChI is InChI=1S/C14H22N2/c1-11-5-6-14(9-12(11)2)16-8-4-7-15-10-13(16)3/h5-6,9,13,15H,4,7-8,10H2,1-3H3. The van der Waals surface area contributed by atoms with Crippen molar-refractivity contribution in [2.45, 2.75) is 33.2 Å². The molecule has 0 aliphatic carbocycles. The average Bonchev–Trinajstić information content (AvgIpc) is 2.47. The lowest BCUT2D eigenvalue weighted by molar-refractivity contribution is 0.630. The van der Waals surface area contributed by atoms with Gasteiger partial charge in [0, 0.05) is 24.8 Å². The van der Waals surface area contributed by atoms with Crippen molar-refractivity contribution in [2.24, 2.45) is 0 Å². The molecule has 1 saturated heterocycles. The zero-order valence-corrected chi connectivity index (χ0v) is 10.6. The lowest BCUT2D eigenvalue weighted by Crippen LogP contribution is -2.37. The van der Waals surface area contributed by atoms with E-state index in [0.717, 1.165) is 19.6 Å². The summed E-state index contributed by atoms with van der Waals surface area (Å²) in [6.07, 6.45) is 1.23. The summed E-state index contributed by atoms with van der Waals surface area (Å²) in [7, 11) is 0. The Morgan fingerprint density at radius 3 is 2.81 bits per heavy atom. The number of anilines is 1. The first-order valence-electron chi connectivity index (χ1n) is 6.23. The van der Waals surface area contributed by atoms with Gasteiger partial charge in [0.15, 0.2) is 0 Å². The molecule has 1 fully saturated rings. The van der Waals surface area contributed by atoms with E-state index < -0.39 is 0 Å². The molecule has 1 aliphatic heterocycles. The highest BCUT2D eigenvalue weighted by Gasteiger charge is 2.16. The van der Waals surface area contributed by atoms with E-state index in [1.165, 1.54) is 23.2 Å². The van der Waals surface area contributed by atoms with E-state index >= 15 is 0 Å². The van der Waals surface area contributed by atoms with Gasteiger partial charge in [-0.25, -0.2) is 0 Å². The molecule has 1 unspecified atom stereocenters. The van der Waals surface area contributed by atoms with Crippen LogP contribution in [0.15, 0.2) is 18.2 Å². The molecule has 2 heteroatoms. The summed E-state index contributed by atoms with van der Waals surface area (Å²) in [4.78, 5) is 2.52. The van der Waals surface area contributed by atoms with Crippen LogP contribution in [0.4, 0.5) is 5.69 Å². The topological polar surface area (TPSA) is 15.3 Å². The highest BCUT2D eigenvalue weighted by atomic mass is 15.2. The molecule has 88 valence electrons. The normalized spacial score (nSPS) is 21.9. The first-order valence-corrected chi connectivity index (χ1v) is 6.23. The highest BCUT2D eigenvalue weighted by Crippen LogP contribution is 2.21. The predicted octanol–water partition coefficient (Wildman–Crippen LogP) is 2.49.